The monoisotopic (exact) mass is 349 g/mol. The second-order valence-corrected chi connectivity index (χ2v) is 5.44. The highest BCUT2D eigenvalue weighted by Crippen LogP contribution is 2.26. The van der Waals surface area contributed by atoms with E-state index in [9.17, 15) is 4.79 Å². The molecule has 0 unspecified atom stereocenters. The molecule has 4 heteroatoms. The lowest BCUT2D eigenvalue weighted by molar-refractivity contribution is 0.0978. The van der Waals surface area contributed by atoms with Gasteiger partial charge in [0.05, 0.1) is 0 Å². The molecule has 0 fully saturated rings. The highest BCUT2D eigenvalue weighted by molar-refractivity contribution is 9.11. The van der Waals surface area contributed by atoms with Crippen LogP contribution in [0.5, 0.6) is 0 Å². The van der Waals surface area contributed by atoms with Crippen molar-refractivity contribution in [3.63, 3.8) is 0 Å². The predicted molar refractivity (Wildman–Crippen MR) is 73.2 cm³/mol. The molecule has 15 heavy (non-hydrogen) atoms. The fourth-order valence-corrected chi connectivity index (χ4v) is 2.99. The lowest BCUT2D eigenvalue weighted by Gasteiger charge is -2.06. The molecule has 0 atom stereocenters. The van der Waals surface area contributed by atoms with Gasteiger partial charge in [0.1, 0.15) is 0 Å². The number of halogens is 2. The zero-order valence-electron chi connectivity index (χ0n) is 8.22. The summed E-state index contributed by atoms with van der Waals surface area (Å²) in [6, 6.07) is 5.69. The normalized spacial score (nSPS) is 10.3. The van der Waals surface area contributed by atoms with E-state index in [1.165, 1.54) is 0 Å². The first-order valence-electron chi connectivity index (χ1n) is 4.78. The minimum atomic E-state index is 0.189. The van der Waals surface area contributed by atoms with Crippen LogP contribution in [-0.4, -0.2) is 11.9 Å². The van der Waals surface area contributed by atoms with Gasteiger partial charge in [-0.25, -0.2) is 0 Å². The zero-order chi connectivity index (χ0) is 11.3. The third-order valence-electron chi connectivity index (χ3n) is 2.07. The SMILES string of the molecule is O=C(CCCC[PH-])c1c(Br)cccc1Br. The van der Waals surface area contributed by atoms with Crippen LogP contribution in [0.4, 0.5) is 0 Å². The molecule has 0 aromatic heterocycles. The average Bonchev–Trinajstić information content (AvgIpc) is 2.18. The fourth-order valence-electron chi connectivity index (χ4n) is 1.30. The topological polar surface area (TPSA) is 17.1 Å². The second kappa shape index (κ2) is 6.78. The first kappa shape index (κ1) is 13.3. The Balaban J connectivity index is 2.73. The van der Waals surface area contributed by atoms with Crippen molar-refractivity contribution in [2.45, 2.75) is 19.3 Å². The molecule has 0 amide bonds. The molecule has 1 aromatic rings. The van der Waals surface area contributed by atoms with Crippen LogP contribution in [0.25, 0.3) is 0 Å². The van der Waals surface area contributed by atoms with Gasteiger partial charge in [-0.1, -0.05) is 44.3 Å². The summed E-state index contributed by atoms with van der Waals surface area (Å²) in [5.41, 5.74) is 0.756. The number of unbranched alkanes of at least 4 members (excludes halogenated alkanes) is 1. The zero-order valence-corrected chi connectivity index (χ0v) is 12.4. The van der Waals surface area contributed by atoms with Crippen molar-refractivity contribution >= 4 is 46.9 Å². The fraction of sp³-hybridized carbons (Fsp3) is 0.364. The van der Waals surface area contributed by atoms with Gasteiger partial charge in [0.25, 0.3) is 0 Å². The van der Waals surface area contributed by atoms with E-state index in [4.69, 9.17) is 0 Å². The first-order chi connectivity index (χ1) is 7.16. The van der Waals surface area contributed by atoms with E-state index in [1.807, 2.05) is 18.2 Å². The maximum absolute atomic E-state index is 11.9. The Hall–Kier alpha value is 0.280. The molecule has 0 aliphatic carbocycles. The van der Waals surface area contributed by atoms with Gasteiger partial charge in [0.2, 0.25) is 0 Å². The molecule has 1 rings (SSSR count). The Labute approximate surface area is 109 Å². The second-order valence-electron chi connectivity index (χ2n) is 3.23. The minimum Gasteiger partial charge on any atom is -0.558 e. The number of Topliss-reactive ketones (excluding diaryl/α,β-unsaturated/α-hetero) is 1. The molecule has 0 spiro atoms. The summed E-state index contributed by atoms with van der Waals surface area (Å²) in [5, 5.41) is 0. The van der Waals surface area contributed by atoms with Gasteiger partial charge < -0.3 is 9.24 Å². The lowest BCUT2D eigenvalue weighted by atomic mass is 10.1. The number of rotatable bonds is 5. The molecular weight excluding hydrogens is 339 g/mol. The van der Waals surface area contributed by atoms with Gasteiger partial charge in [-0.15, -0.1) is 0 Å². The summed E-state index contributed by atoms with van der Waals surface area (Å²) in [6.07, 6.45) is 3.51. The van der Waals surface area contributed by atoms with Crippen molar-refractivity contribution in [1.29, 1.82) is 0 Å². The van der Waals surface area contributed by atoms with E-state index in [0.717, 1.165) is 33.5 Å². The maximum Gasteiger partial charge on any atom is 0.165 e. The molecule has 82 valence electrons. The number of hydrogen-bond acceptors (Lipinski definition) is 1. The van der Waals surface area contributed by atoms with E-state index in [0.29, 0.717) is 6.42 Å². The highest BCUT2D eigenvalue weighted by Gasteiger charge is 2.12. The van der Waals surface area contributed by atoms with Gasteiger partial charge >= 0.3 is 0 Å². The molecule has 0 bridgehead atoms. The van der Waals surface area contributed by atoms with Crippen LogP contribution in [0.15, 0.2) is 27.1 Å². The standard InChI is InChI=1S/C11H12Br2OP/c12-8-4-3-5-9(13)11(8)10(14)6-1-2-7-15/h3-5,15H,1-2,6-7H2/q-1. The summed E-state index contributed by atoms with van der Waals surface area (Å²) in [7, 11) is 3.40. The molecule has 0 aliphatic rings. The van der Waals surface area contributed by atoms with E-state index in [1.54, 1.807) is 0 Å². The molecule has 0 aliphatic heterocycles. The van der Waals surface area contributed by atoms with Crippen LogP contribution < -0.4 is 0 Å². The van der Waals surface area contributed by atoms with Crippen LogP contribution in [-0.2, 0) is 0 Å². The van der Waals surface area contributed by atoms with Crippen molar-refractivity contribution in [2.24, 2.45) is 0 Å². The number of ketones is 1. The molecular formula is C11H12Br2OP-. The first-order valence-corrected chi connectivity index (χ1v) is 7.08. The summed E-state index contributed by atoms with van der Waals surface area (Å²) < 4.78 is 1.72. The van der Waals surface area contributed by atoms with Gasteiger partial charge in [0.15, 0.2) is 5.78 Å². The van der Waals surface area contributed by atoms with Crippen molar-refractivity contribution in [2.75, 3.05) is 6.16 Å². The van der Waals surface area contributed by atoms with Crippen molar-refractivity contribution < 1.29 is 4.79 Å². The molecule has 1 nitrogen and oxygen atoms in total. The Morgan fingerprint density at radius 2 is 1.80 bits per heavy atom. The number of hydrogen-bond donors (Lipinski definition) is 0. The smallest absolute Gasteiger partial charge is 0.165 e. The molecule has 0 N–H and O–H groups in total. The molecule has 1 aromatic carbocycles. The van der Waals surface area contributed by atoms with Gasteiger partial charge in [0, 0.05) is 20.9 Å². The summed E-state index contributed by atoms with van der Waals surface area (Å²) >= 11 is 6.79. The van der Waals surface area contributed by atoms with Crippen molar-refractivity contribution in [1.82, 2.24) is 0 Å². The largest absolute Gasteiger partial charge is 0.558 e. The van der Waals surface area contributed by atoms with Crippen molar-refractivity contribution in [3.05, 3.63) is 32.7 Å². The summed E-state index contributed by atoms with van der Waals surface area (Å²) in [6.45, 7) is 0. The van der Waals surface area contributed by atoms with Gasteiger partial charge in [-0.2, -0.15) is 6.16 Å². The quantitative estimate of drug-likeness (QED) is 0.427. The summed E-state index contributed by atoms with van der Waals surface area (Å²) in [4.78, 5) is 11.9. The number of carbonyl (C=O) groups excluding carboxylic acids is 1. The van der Waals surface area contributed by atoms with Gasteiger partial charge in [-0.05, 0) is 18.6 Å². The van der Waals surface area contributed by atoms with E-state index < -0.39 is 0 Å². The van der Waals surface area contributed by atoms with Crippen LogP contribution in [0.1, 0.15) is 29.6 Å². The summed E-state index contributed by atoms with van der Waals surface area (Å²) in [5.74, 6) is 0.189. The molecule has 0 heterocycles. The Morgan fingerprint density at radius 1 is 1.20 bits per heavy atom. The number of carbonyl (C=O) groups is 1. The van der Waals surface area contributed by atoms with Gasteiger partial charge in [-0.3, -0.25) is 4.79 Å². The van der Waals surface area contributed by atoms with Crippen LogP contribution in [0.3, 0.4) is 0 Å². The Bertz CT molecular complexity index is 332. The van der Waals surface area contributed by atoms with Crippen LogP contribution >= 0.6 is 41.1 Å². The van der Waals surface area contributed by atoms with E-state index in [2.05, 4.69) is 41.1 Å². The Kier molecular flexibility index (Phi) is 6.03. The molecule has 0 saturated heterocycles. The van der Waals surface area contributed by atoms with Crippen LogP contribution in [0, 0.1) is 0 Å². The number of benzene rings is 1. The third kappa shape index (κ3) is 3.97. The third-order valence-corrected chi connectivity index (χ3v) is 3.75. The lowest BCUT2D eigenvalue weighted by Crippen LogP contribution is -2.01. The van der Waals surface area contributed by atoms with E-state index in [-0.39, 0.29) is 5.78 Å². The maximum atomic E-state index is 11.9. The minimum absolute atomic E-state index is 0.189. The van der Waals surface area contributed by atoms with Crippen molar-refractivity contribution in [3.8, 4) is 0 Å². The van der Waals surface area contributed by atoms with Crippen LogP contribution in [0.2, 0.25) is 0 Å². The average molecular weight is 351 g/mol. The molecule has 0 radical (unpaired) electrons. The van der Waals surface area contributed by atoms with E-state index >= 15 is 0 Å². The predicted octanol–water partition coefficient (Wildman–Crippen LogP) is 4.71. The molecule has 0 saturated carbocycles. The Morgan fingerprint density at radius 3 is 2.33 bits per heavy atom. The highest BCUT2D eigenvalue weighted by atomic mass is 79.9.